The minimum atomic E-state index is -4.15. The van der Waals surface area contributed by atoms with Crippen LogP contribution < -0.4 is 0 Å². The van der Waals surface area contributed by atoms with E-state index in [9.17, 15) is 18.0 Å². The Kier molecular flexibility index (Phi) is 3.13. The summed E-state index contributed by atoms with van der Waals surface area (Å²) in [5.41, 5.74) is 0. The van der Waals surface area contributed by atoms with Gasteiger partial charge in [0.25, 0.3) is 0 Å². The van der Waals surface area contributed by atoms with E-state index >= 15 is 0 Å². The number of alkyl halides is 3. The zero-order valence-corrected chi connectivity index (χ0v) is 9.09. The van der Waals surface area contributed by atoms with Crippen molar-refractivity contribution in [1.82, 2.24) is 4.90 Å². The second-order valence-electron chi connectivity index (χ2n) is 4.79. The van der Waals surface area contributed by atoms with Gasteiger partial charge in [-0.2, -0.15) is 13.2 Å². The fraction of sp³-hybridized carbons (Fsp3) is 0.909. The van der Waals surface area contributed by atoms with E-state index in [0.717, 1.165) is 19.3 Å². The lowest BCUT2D eigenvalue weighted by molar-refractivity contribution is -0.189. The van der Waals surface area contributed by atoms with Crippen molar-refractivity contribution < 1.29 is 18.0 Å². The Morgan fingerprint density at radius 3 is 2.31 bits per heavy atom. The van der Waals surface area contributed by atoms with E-state index in [-0.39, 0.29) is 24.8 Å². The van der Waals surface area contributed by atoms with Crippen molar-refractivity contribution in [1.29, 1.82) is 0 Å². The molecule has 0 aromatic rings. The molecule has 1 amide bonds. The number of amides is 1. The van der Waals surface area contributed by atoms with Crippen LogP contribution in [0.4, 0.5) is 13.2 Å². The molecule has 0 spiro atoms. The number of hydrogen-bond acceptors (Lipinski definition) is 1. The Bertz CT molecular complexity index is 273. The molecule has 2 fully saturated rings. The fourth-order valence-corrected chi connectivity index (χ4v) is 2.36. The third-order valence-electron chi connectivity index (χ3n) is 3.65. The predicted octanol–water partition coefficient (Wildman–Crippen LogP) is 2.59. The average molecular weight is 235 g/mol. The van der Waals surface area contributed by atoms with Crippen LogP contribution in [0.5, 0.6) is 0 Å². The molecule has 0 radical (unpaired) electrons. The van der Waals surface area contributed by atoms with Gasteiger partial charge in [0.1, 0.15) is 0 Å². The van der Waals surface area contributed by atoms with Crippen molar-refractivity contribution >= 4 is 5.91 Å². The topological polar surface area (TPSA) is 20.3 Å². The highest BCUT2D eigenvalue weighted by Crippen LogP contribution is 2.35. The highest BCUT2D eigenvalue weighted by atomic mass is 19.4. The summed E-state index contributed by atoms with van der Waals surface area (Å²) in [5, 5.41) is 0. The van der Waals surface area contributed by atoms with Crippen LogP contribution in [-0.4, -0.2) is 30.1 Å². The summed E-state index contributed by atoms with van der Waals surface area (Å²) in [6.45, 7) is 0.376. The minimum Gasteiger partial charge on any atom is -0.342 e. The third-order valence-corrected chi connectivity index (χ3v) is 3.65. The van der Waals surface area contributed by atoms with Crippen LogP contribution >= 0.6 is 0 Å². The van der Waals surface area contributed by atoms with Crippen molar-refractivity contribution in [3.05, 3.63) is 0 Å². The molecule has 2 rings (SSSR count). The molecule has 1 saturated heterocycles. The molecular formula is C11H16F3NO. The lowest BCUT2D eigenvalue weighted by Crippen LogP contribution is -2.47. The predicted molar refractivity (Wildman–Crippen MR) is 52.7 cm³/mol. The van der Waals surface area contributed by atoms with Crippen LogP contribution in [-0.2, 0) is 4.79 Å². The number of nitrogens with zero attached hydrogens (tertiary/aromatic N) is 1. The molecule has 0 unspecified atom stereocenters. The molecular weight excluding hydrogens is 219 g/mol. The van der Waals surface area contributed by atoms with Crippen LogP contribution in [0, 0.1) is 11.8 Å². The zero-order valence-electron chi connectivity index (χ0n) is 9.09. The van der Waals surface area contributed by atoms with E-state index in [1.807, 2.05) is 0 Å². The van der Waals surface area contributed by atoms with Gasteiger partial charge < -0.3 is 4.90 Å². The molecule has 5 heteroatoms. The first-order chi connectivity index (χ1) is 7.48. The van der Waals surface area contributed by atoms with Crippen LogP contribution in [0.3, 0.4) is 0 Å². The number of piperidine rings is 1. The van der Waals surface area contributed by atoms with Gasteiger partial charge in [-0.15, -0.1) is 0 Å². The lowest BCUT2D eigenvalue weighted by Gasteiger charge is -2.37. The van der Waals surface area contributed by atoms with Crippen LogP contribution in [0.25, 0.3) is 0 Å². The smallest absolute Gasteiger partial charge is 0.342 e. The molecule has 1 aliphatic carbocycles. The monoisotopic (exact) mass is 235 g/mol. The van der Waals surface area contributed by atoms with Gasteiger partial charge in [-0.05, 0) is 25.7 Å². The summed E-state index contributed by atoms with van der Waals surface area (Å²) in [4.78, 5) is 13.2. The van der Waals surface area contributed by atoms with Gasteiger partial charge in [-0.25, -0.2) is 0 Å². The number of halogens is 3. The van der Waals surface area contributed by atoms with Crippen LogP contribution in [0.2, 0.25) is 0 Å². The molecule has 0 aromatic heterocycles. The number of carbonyl (C=O) groups is 1. The molecule has 0 aromatic carbocycles. The van der Waals surface area contributed by atoms with E-state index in [2.05, 4.69) is 0 Å². The van der Waals surface area contributed by atoms with E-state index in [0.29, 0.717) is 13.0 Å². The first-order valence-electron chi connectivity index (χ1n) is 5.84. The Morgan fingerprint density at radius 2 is 1.81 bits per heavy atom. The first-order valence-corrected chi connectivity index (χ1v) is 5.84. The summed E-state index contributed by atoms with van der Waals surface area (Å²) in [7, 11) is 0. The number of hydrogen-bond donors (Lipinski definition) is 0. The van der Waals surface area contributed by atoms with Gasteiger partial charge in [0.2, 0.25) is 5.91 Å². The molecule has 2 nitrogen and oxygen atoms in total. The quantitative estimate of drug-likeness (QED) is 0.684. The molecule has 1 atom stereocenters. The van der Waals surface area contributed by atoms with E-state index in [1.165, 1.54) is 4.90 Å². The third kappa shape index (κ3) is 2.33. The van der Waals surface area contributed by atoms with Crippen molar-refractivity contribution in [2.24, 2.45) is 11.8 Å². The van der Waals surface area contributed by atoms with Crippen molar-refractivity contribution in [3.8, 4) is 0 Å². The number of rotatable bonds is 1. The standard InChI is InChI=1S/C11H16F3NO/c12-11(13,14)9-5-2-6-15(7-9)10(16)8-3-1-4-8/h8-9H,1-7H2/t9-/m0/s1. The summed E-state index contributed by atoms with van der Waals surface area (Å²) < 4.78 is 37.6. The van der Waals surface area contributed by atoms with Gasteiger partial charge in [0.15, 0.2) is 0 Å². The van der Waals surface area contributed by atoms with Crippen LogP contribution in [0.15, 0.2) is 0 Å². The van der Waals surface area contributed by atoms with E-state index in [4.69, 9.17) is 0 Å². The normalized spacial score (nSPS) is 27.7. The number of likely N-dealkylation sites (tertiary alicyclic amines) is 1. The van der Waals surface area contributed by atoms with E-state index in [1.54, 1.807) is 0 Å². The summed E-state index contributed by atoms with van der Waals surface area (Å²) in [6.07, 6.45) is -0.774. The van der Waals surface area contributed by atoms with Crippen molar-refractivity contribution in [2.75, 3.05) is 13.1 Å². The van der Waals surface area contributed by atoms with Gasteiger partial charge in [0, 0.05) is 19.0 Å². The maximum atomic E-state index is 12.5. The maximum absolute atomic E-state index is 12.5. The lowest BCUT2D eigenvalue weighted by atomic mass is 9.83. The van der Waals surface area contributed by atoms with Gasteiger partial charge in [0.05, 0.1) is 5.92 Å². The average Bonchev–Trinajstić information content (AvgIpc) is 2.14. The molecule has 92 valence electrons. The highest BCUT2D eigenvalue weighted by Gasteiger charge is 2.43. The Balaban J connectivity index is 1.93. The molecule has 0 N–H and O–H groups in total. The molecule has 1 aliphatic heterocycles. The van der Waals surface area contributed by atoms with Gasteiger partial charge >= 0.3 is 6.18 Å². The molecule has 2 aliphatic rings. The SMILES string of the molecule is O=C(C1CCC1)N1CCC[C@H](C(F)(F)F)C1. The Labute approximate surface area is 92.8 Å². The largest absolute Gasteiger partial charge is 0.393 e. The molecule has 1 saturated carbocycles. The Hall–Kier alpha value is -0.740. The highest BCUT2D eigenvalue weighted by molar-refractivity contribution is 5.79. The number of carbonyl (C=O) groups excluding carboxylic acids is 1. The first kappa shape index (κ1) is 11.7. The summed E-state index contributed by atoms with van der Waals surface area (Å²) in [5.74, 6) is -1.36. The van der Waals surface area contributed by atoms with Crippen LogP contribution in [0.1, 0.15) is 32.1 Å². The molecule has 1 heterocycles. The fourth-order valence-electron chi connectivity index (χ4n) is 2.36. The van der Waals surface area contributed by atoms with Crippen molar-refractivity contribution in [3.63, 3.8) is 0 Å². The Morgan fingerprint density at radius 1 is 1.12 bits per heavy atom. The minimum absolute atomic E-state index is 0.00647. The van der Waals surface area contributed by atoms with E-state index < -0.39 is 12.1 Å². The maximum Gasteiger partial charge on any atom is 0.393 e. The zero-order chi connectivity index (χ0) is 11.8. The van der Waals surface area contributed by atoms with Gasteiger partial charge in [-0.3, -0.25) is 4.79 Å². The molecule has 16 heavy (non-hydrogen) atoms. The second-order valence-corrected chi connectivity index (χ2v) is 4.79. The van der Waals surface area contributed by atoms with Gasteiger partial charge in [-0.1, -0.05) is 6.42 Å². The summed E-state index contributed by atoms with van der Waals surface area (Å²) in [6, 6.07) is 0. The molecule has 0 bridgehead atoms. The van der Waals surface area contributed by atoms with Crippen molar-refractivity contribution in [2.45, 2.75) is 38.3 Å². The summed E-state index contributed by atoms with van der Waals surface area (Å²) >= 11 is 0. The second kappa shape index (κ2) is 4.26.